The van der Waals surface area contributed by atoms with E-state index in [4.69, 9.17) is 16.3 Å². The first-order valence-corrected chi connectivity index (χ1v) is 6.12. The van der Waals surface area contributed by atoms with Crippen molar-refractivity contribution in [3.63, 3.8) is 0 Å². The molecule has 5 nitrogen and oxygen atoms in total. The summed E-state index contributed by atoms with van der Waals surface area (Å²) in [5, 5.41) is 0.152. The lowest BCUT2D eigenvalue weighted by Crippen LogP contribution is -2.00. The molecule has 3 aromatic rings. The predicted molar refractivity (Wildman–Crippen MR) is 72.4 cm³/mol. The van der Waals surface area contributed by atoms with Gasteiger partial charge in [0.05, 0.1) is 20.0 Å². The van der Waals surface area contributed by atoms with Crippen molar-refractivity contribution in [1.82, 2.24) is 19.5 Å². The topological polar surface area (TPSA) is 52.8 Å². The number of halogens is 1. The summed E-state index contributed by atoms with van der Waals surface area (Å²) in [6.07, 6.45) is 1.71. The van der Waals surface area contributed by atoms with Crippen LogP contribution in [0.1, 0.15) is 5.56 Å². The minimum Gasteiger partial charge on any atom is -0.479 e. The van der Waals surface area contributed by atoms with Crippen molar-refractivity contribution in [3.8, 4) is 5.88 Å². The molecule has 6 heteroatoms. The van der Waals surface area contributed by atoms with Crippen LogP contribution in [0.25, 0.3) is 11.2 Å². The minimum absolute atomic E-state index is 0.152. The van der Waals surface area contributed by atoms with Gasteiger partial charge in [0, 0.05) is 0 Å². The Morgan fingerprint density at radius 1 is 1.21 bits per heavy atom. The monoisotopic (exact) mass is 274 g/mol. The Labute approximate surface area is 114 Å². The van der Waals surface area contributed by atoms with E-state index in [0.717, 1.165) is 5.56 Å². The Balaban J connectivity index is 2.08. The molecule has 0 saturated carbocycles. The van der Waals surface area contributed by atoms with Crippen LogP contribution in [0.4, 0.5) is 0 Å². The zero-order valence-electron chi connectivity index (χ0n) is 10.2. The molecule has 0 unspecified atom stereocenters. The summed E-state index contributed by atoms with van der Waals surface area (Å²) in [6.45, 7) is 0.674. The quantitative estimate of drug-likeness (QED) is 0.689. The number of methoxy groups -OCH3 is 1. The molecular weight excluding hydrogens is 264 g/mol. The van der Waals surface area contributed by atoms with Crippen LogP contribution in [0.2, 0.25) is 5.28 Å². The molecule has 0 aliphatic heterocycles. The maximum Gasteiger partial charge on any atom is 0.246 e. The maximum atomic E-state index is 5.89. The summed E-state index contributed by atoms with van der Waals surface area (Å²) in [5.74, 6) is 0.391. The van der Waals surface area contributed by atoms with Gasteiger partial charge in [0.2, 0.25) is 11.2 Å². The van der Waals surface area contributed by atoms with Gasteiger partial charge >= 0.3 is 0 Å². The molecule has 0 bridgehead atoms. The van der Waals surface area contributed by atoms with E-state index in [0.29, 0.717) is 23.6 Å². The van der Waals surface area contributed by atoms with Gasteiger partial charge in [-0.05, 0) is 17.2 Å². The van der Waals surface area contributed by atoms with Gasteiger partial charge < -0.3 is 9.30 Å². The van der Waals surface area contributed by atoms with Gasteiger partial charge in [-0.15, -0.1) is 0 Å². The summed E-state index contributed by atoms with van der Waals surface area (Å²) in [7, 11) is 1.54. The van der Waals surface area contributed by atoms with Crippen molar-refractivity contribution in [1.29, 1.82) is 0 Å². The highest BCUT2D eigenvalue weighted by molar-refractivity contribution is 6.28. The molecule has 0 amide bonds. The van der Waals surface area contributed by atoms with Crippen LogP contribution in [-0.2, 0) is 6.54 Å². The summed E-state index contributed by atoms with van der Waals surface area (Å²) in [5.41, 5.74) is 2.44. The average Bonchev–Trinajstić information content (AvgIpc) is 2.82. The Morgan fingerprint density at radius 2 is 2.00 bits per heavy atom. The molecule has 0 atom stereocenters. The summed E-state index contributed by atoms with van der Waals surface area (Å²) in [4.78, 5) is 12.5. The molecule has 0 radical (unpaired) electrons. The molecule has 1 aromatic carbocycles. The van der Waals surface area contributed by atoms with Crippen LogP contribution in [0.3, 0.4) is 0 Å². The first kappa shape index (κ1) is 11.9. The van der Waals surface area contributed by atoms with Crippen LogP contribution in [-0.4, -0.2) is 26.6 Å². The van der Waals surface area contributed by atoms with Crippen LogP contribution < -0.4 is 4.74 Å². The second-order valence-corrected chi connectivity index (χ2v) is 4.37. The lowest BCUT2D eigenvalue weighted by Gasteiger charge is -2.04. The molecule has 0 spiro atoms. The van der Waals surface area contributed by atoms with E-state index in [1.165, 1.54) is 7.11 Å². The van der Waals surface area contributed by atoms with Crippen molar-refractivity contribution < 1.29 is 4.74 Å². The molecule has 0 N–H and O–H groups in total. The zero-order valence-corrected chi connectivity index (χ0v) is 11.0. The molecule has 2 aromatic heterocycles. The Bertz CT molecular complexity index is 711. The van der Waals surface area contributed by atoms with E-state index in [9.17, 15) is 0 Å². The first-order chi connectivity index (χ1) is 9.28. The van der Waals surface area contributed by atoms with Gasteiger partial charge in [-0.2, -0.15) is 9.97 Å². The van der Waals surface area contributed by atoms with E-state index in [2.05, 4.69) is 15.0 Å². The second-order valence-electron chi connectivity index (χ2n) is 4.03. The highest BCUT2D eigenvalue weighted by Crippen LogP contribution is 2.22. The van der Waals surface area contributed by atoms with Crippen LogP contribution in [0, 0.1) is 0 Å². The third-order valence-corrected chi connectivity index (χ3v) is 2.96. The number of fused-ring (bicyclic) bond motifs is 1. The van der Waals surface area contributed by atoms with Crippen molar-refractivity contribution in [2.45, 2.75) is 6.54 Å². The van der Waals surface area contributed by atoms with Gasteiger partial charge in [-0.3, -0.25) is 0 Å². The number of hydrogen-bond acceptors (Lipinski definition) is 4. The number of aromatic nitrogens is 4. The molecular formula is C13H11ClN4O. The number of hydrogen-bond donors (Lipinski definition) is 0. The number of rotatable bonds is 3. The van der Waals surface area contributed by atoms with Gasteiger partial charge in [-0.1, -0.05) is 30.3 Å². The first-order valence-electron chi connectivity index (χ1n) is 5.74. The number of ether oxygens (including phenoxy) is 1. The summed E-state index contributed by atoms with van der Waals surface area (Å²) < 4.78 is 7.08. The fourth-order valence-corrected chi connectivity index (χ4v) is 2.09. The smallest absolute Gasteiger partial charge is 0.246 e. The highest BCUT2D eigenvalue weighted by atomic mass is 35.5. The third-order valence-electron chi connectivity index (χ3n) is 2.79. The fourth-order valence-electron chi connectivity index (χ4n) is 1.93. The fraction of sp³-hybridized carbons (Fsp3) is 0.154. The Kier molecular flexibility index (Phi) is 3.05. The SMILES string of the molecule is COc1nc(Cl)nc2c1ncn2Cc1ccccc1. The van der Waals surface area contributed by atoms with E-state index < -0.39 is 0 Å². The van der Waals surface area contributed by atoms with Crippen LogP contribution in [0.5, 0.6) is 5.88 Å². The number of benzene rings is 1. The maximum absolute atomic E-state index is 5.89. The summed E-state index contributed by atoms with van der Waals surface area (Å²) >= 11 is 5.89. The molecule has 0 fully saturated rings. The Hall–Kier alpha value is -2.14. The van der Waals surface area contributed by atoms with Gasteiger partial charge in [-0.25, -0.2) is 4.98 Å². The van der Waals surface area contributed by atoms with Crippen molar-refractivity contribution in [3.05, 3.63) is 47.5 Å². The van der Waals surface area contributed by atoms with Crippen molar-refractivity contribution in [2.75, 3.05) is 7.11 Å². The molecule has 0 saturated heterocycles. The molecule has 3 rings (SSSR count). The van der Waals surface area contributed by atoms with Crippen LogP contribution >= 0.6 is 11.6 Å². The van der Waals surface area contributed by atoms with Gasteiger partial charge in [0.25, 0.3) is 0 Å². The Morgan fingerprint density at radius 3 is 2.74 bits per heavy atom. The van der Waals surface area contributed by atoms with E-state index >= 15 is 0 Å². The third kappa shape index (κ3) is 2.24. The lowest BCUT2D eigenvalue weighted by molar-refractivity contribution is 0.402. The van der Waals surface area contributed by atoms with E-state index in [1.807, 2.05) is 34.9 Å². The largest absolute Gasteiger partial charge is 0.479 e. The predicted octanol–water partition coefficient (Wildman–Crippen LogP) is 2.54. The molecule has 19 heavy (non-hydrogen) atoms. The highest BCUT2D eigenvalue weighted by Gasteiger charge is 2.12. The molecule has 2 heterocycles. The normalized spacial score (nSPS) is 10.8. The zero-order chi connectivity index (χ0) is 13.2. The number of imidazole rings is 1. The minimum atomic E-state index is 0.152. The van der Waals surface area contributed by atoms with E-state index in [1.54, 1.807) is 6.33 Å². The standard InChI is InChI=1S/C13H11ClN4O/c1-19-12-10-11(16-13(14)17-12)18(8-15-10)7-9-5-3-2-4-6-9/h2-6,8H,7H2,1H3. The second kappa shape index (κ2) is 4.85. The van der Waals surface area contributed by atoms with Crippen molar-refractivity contribution >= 4 is 22.8 Å². The van der Waals surface area contributed by atoms with Crippen LogP contribution in [0.15, 0.2) is 36.7 Å². The number of nitrogens with zero attached hydrogens (tertiary/aromatic N) is 4. The molecule has 0 aliphatic carbocycles. The lowest BCUT2D eigenvalue weighted by atomic mass is 10.2. The van der Waals surface area contributed by atoms with Crippen molar-refractivity contribution in [2.24, 2.45) is 0 Å². The molecule has 0 aliphatic rings. The molecule has 96 valence electrons. The van der Waals surface area contributed by atoms with E-state index in [-0.39, 0.29) is 5.28 Å². The average molecular weight is 275 g/mol. The van der Waals surface area contributed by atoms with Gasteiger partial charge in [0.15, 0.2) is 11.2 Å². The van der Waals surface area contributed by atoms with Gasteiger partial charge in [0.1, 0.15) is 0 Å². The summed E-state index contributed by atoms with van der Waals surface area (Å²) in [6, 6.07) is 10.1.